The number of hydrogen-bond acceptors (Lipinski definition) is 4. The average molecular weight is 252 g/mol. The van der Waals surface area contributed by atoms with Crippen molar-refractivity contribution in [1.29, 1.82) is 0 Å². The highest BCUT2D eigenvalue weighted by molar-refractivity contribution is 4.88. The zero-order valence-electron chi connectivity index (χ0n) is 11.2. The van der Waals surface area contributed by atoms with Gasteiger partial charge in [-0.3, -0.25) is 0 Å². The summed E-state index contributed by atoms with van der Waals surface area (Å²) < 4.78 is 1.93. The highest BCUT2D eigenvalue weighted by Crippen LogP contribution is 2.27. The number of aryl methyl sites for hydroxylation is 1. The van der Waals surface area contributed by atoms with E-state index in [1.807, 2.05) is 4.68 Å². The molecule has 1 saturated carbocycles. The van der Waals surface area contributed by atoms with Crippen LogP contribution in [-0.2, 0) is 13.1 Å². The summed E-state index contributed by atoms with van der Waals surface area (Å²) in [6, 6.07) is 0. The number of nitrogens with one attached hydrogen (secondary N) is 1. The molecule has 2 rings (SSSR count). The summed E-state index contributed by atoms with van der Waals surface area (Å²) >= 11 is 0. The van der Waals surface area contributed by atoms with Crippen molar-refractivity contribution in [3.8, 4) is 0 Å². The summed E-state index contributed by atoms with van der Waals surface area (Å²) in [4.78, 5) is 4.25. The van der Waals surface area contributed by atoms with Crippen molar-refractivity contribution in [3.05, 3.63) is 12.2 Å². The molecule has 1 aromatic rings. The van der Waals surface area contributed by atoms with Crippen molar-refractivity contribution in [2.75, 3.05) is 6.54 Å². The van der Waals surface area contributed by atoms with Crippen LogP contribution in [0.4, 0.5) is 0 Å². The lowest BCUT2D eigenvalue weighted by Crippen LogP contribution is -2.42. The fraction of sp³-hybridized carbons (Fsp3) is 0.846. The molecular weight excluding hydrogens is 228 g/mol. The van der Waals surface area contributed by atoms with Crippen LogP contribution < -0.4 is 5.32 Å². The van der Waals surface area contributed by atoms with Crippen molar-refractivity contribution in [2.45, 2.75) is 64.1 Å². The Morgan fingerprint density at radius 2 is 2.17 bits per heavy atom. The van der Waals surface area contributed by atoms with Crippen molar-refractivity contribution in [2.24, 2.45) is 0 Å². The van der Waals surface area contributed by atoms with E-state index in [0.717, 1.165) is 44.5 Å². The molecule has 1 aliphatic carbocycles. The van der Waals surface area contributed by atoms with E-state index in [2.05, 4.69) is 22.3 Å². The van der Waals surface area contributed by atoms with Crippen LogP contribution in [0.1, 0.15) is 51.3 Å². The van der Waals surface area contributed by atoms with Crippen LogP contribution in [0.5, 0.6) is 0 Å². The van der Waals surface area contributed by atoms with Crippen LogP contribution in [0.25, 0.3) is 0 Å². The standard InChI is InChI=1S/C13H24N4O/c1-2-8-17-12(15-11-16-17)9-14-10-13(18)6-4-3-5-7-13/h11,14,18H,2-10H2,1H3. The Labute approximate surface area is 109 Å². The maximum atomic E-state index is 10.4. The number of hydrogen-bond donors (Lipinski definition) is 2. The van der Waals surface area contributed by atoms with E-state index >= 15 is 0 Å². The number of aromatic nitrogens is 3. The number of aliphatic hydroxyl groups is 1. The molecule has 0 bridgehead atoms. The minimum atomic E-state index is -0.506. The van der Waals surface area contributed by atoms with Gasteiger partial charge in [0.25, 0.3) is 0 Å². The molecule has 1 fully saturated rings. The SMILES string of the molecule is CCCn1ncnc1CNCC1(O)CCCCC1. The topological polar surface area (TPSA) is 63.0 Å². The first-order chi connectivity index (χ1) is 8.73. The predicted molar refractivity (Wildman–Crippen MR) is 70.1 cm³/mol. The molecular formula is C13H24N4O. The Hall–Kier alpha value is -0.940. The summed E-state index contributed by atoms with van der Waals surface area (Å²) in [5.74, 6) is 0.955. The Balaban J connectivity index is 1.78. The van der Waals surface area contributed by atoms with Crippen molar-refractivity contribution in [1.82, 2.24) is 20.1 Å². The summed E-state index contributed by atoms with van der Waals surface area (Å²) in [5, 5.41) is 17.9. The summed E-state index contributed by atoms with van der Waals surface area (Å²) in [6.45, 7) is 4.37. The molecule has 0 saturated heterocycles. The van der Waals surface area contributed by atoms with Crippen LogP contribution >= 0.6 is 0 Å². The van der Waals surface area contributed by atoms with Gasteiger partial charge in [-0.15, -0.1) is 0 Å². The van der Waals surface area contributed by atoms with Crippen LogP contribution in [0, 0.1) is 0 Å². The molecule has 1 aliphatic rings. The van der Waals surface area contributed by atoms with Crippen LogP contribution in [0.3, 0.4) is 0 Å². The monoisotopic (exact) mass is 252 g/mol. The van der Waals surface area contributed by atoms with E-state index in [-0.39, 0.29) is 0 Å². The molecule has 1 aromatic heterocycles. The van der Waals surface area contributed by atoms with E-state index in [0.29, 0.717) is 13.1 Å². The maximum absolute atomic E-state index is 10.4. The second-order valence-electron chi connectivity index (χ2n) is 5.29. The van der Waals surface area contributed by atoms with Gasteiger partial charge in [-0.1, -0.05) is 26.2 Å². The first-order valence-corrected chi connectivity index (χ1v) is 7.03. The molecule has 5 heteroatoms. The van der Waals surface area contributed by atoms with E-state index in [1.165, 1.54) is 6.42 Å². The lowest BCUT2D eigenvalue weighted by Gasteiger charge is -2.32. The van der Waals surface area contributed by atoms with Crippen molar-refractivity contribution >= 4 is 0 Å². The van der Waals surface area contributed by atoms with Crippen LogP contribution in [-0.4, -0.2) is 32.0 Å². The van der Waals surface area contributed by atoms with E-state index in [1.54, 1.807) is 6.33 Å². The average Bonchev–Trinajstić information content (AvgIpc) is 2.78. The van der Waals surface area contributed by atoms with Gasteiger partial charge in [-0.05, 0) is 19.3 Å². The highest BCUT2D eigenvalue weighted by atomic mass is 16.3. The number of rotatable bonds is 6. The Kier molecular flexibility index (Phi) is 4.72. The van der Waals surface area contributed by atoms with Gasteiger partial charge in [0.15, 0.2) is 0 Å². The first kappa shape index (κ1) is 13.5. The molecule has 2 N–H and O–H groups in total. The molecule has 1 heterocycles. The third kappa shape index (κ3) is 3.53. The normalized spacial score (nSPS) is 19.0. The molecule has 102 valence electrons. The van der Waals surface area contributed by atoms with Gasteiger partial charge in [0, 0.05) is 13.1 Å². The zero-order chi connectivity index (χ0) is 12.8. The third-order valence-corrected chi connectivity index (χ3v) is 3.65. The fourth-order valence-electron chi connectivity index (χ4n) is 2.62. The molecule has 0 aromatic carbocycles. The van der Waals surface area contributed by atoms with Crippen molar-refractivity contribution in [3.63, 3.8) is 0 Å². The van der Waals surface area contributed by atoms with E-state index in [4.69, 9.17) is 0 Å². The van der Waals surface area contributed by atoms with Gasteiger partial charge in [-0.25, -0.2) is 9.67 Å². The molecule has 0 radical (unpaired) electrons. The summed E-state index contributed by atoms with van der Waals surface area (Å²) in [5.41, 5.74) is -0.506. The Morgan fingerprint density at radius 1 is 1.39 bits per heavy atom. The molecule has 18 heavy (non-hydrogen) atoms. The largest absolute Gasteiger partial charge is 0.389 e. The molecule has 0 spiro atoms. The van der Waals surface area contributed by atoms with Gasteiger partial charge < -0.3 is 10.4 Å². The van der Waals surface area contributed by atoms with Gasteiger partial charge in [0.1, 0.15) is 12.2 Å². The minimum Gasteiger partial charge on any atom is -0.389 e. The quantitative estimate of drug-likeness (QED) is 0.805. The Morgan fingerprint density at radius 3 is 2.89 bits per heavy atom. The van der Waals surface area contributed by atoms with Crippen molar-refractivity contribution < 1.29 is 5.11 Å². The summed E-state index contributed by atoms with van der Waals surface area (Å²) in [7, 11) is 0. The molecule has 0 atom stereocenters. The number of nitrogens with zero attached hydrogens (tertiary/aromatic N) is 3. The molecule has 5 nitrogen and oxygen atoms in total. The van der Waals surface area contributed by atoms with Gasteiger partial charge >= 0.3 is 0 Å². The highest BCUT2D eigenvalue weighted by Gasteiger charge is 2.28. The van der Waals surface area contributed by atoms with Gasteiger partial charge in [0.05, 0.1) is 12.1 Å². The second-order valence-corrected chi connectivity index (χ2v) is 5.29. The lowest BCUT2D eigenvalue weighted by atomic mass is 9.85. The third-order valence-electron chi connectivity index (χ3n) is 3.65. The summed E-state index contributed by atoms with van der Waals surface area (Å²) in [6.07, 6.45) is 8.03. The first-order valence-electron chi connectivity index (χ1n) is 7.03. The zero-order valence-corrected chi connectivity index (χ0v) is 11.2. The van der Waals surface area contributed by atoms with Crippen LogP contribution in [0.15, 0.2) is 6.33 Å². The maximum Gasteiger partial charge on any atom is 0.140 e. The Bertz CT molecular complexity index is 358. The van der Waals surface area contributed by atoms with E-state index < -0.39 is 5.60 Å². The molecule has 0 amide bonds. The van der Waals surface area contributed by atoms with Gasteiger partial charge in [-0.2, -0.15) is 5.10 Å². The van der Waals surface area contributed by atoms with Gasteiger partial charge in [0.2, 0.25) is 0 Å². The molecule has 0 aliphatic heterocycles. The lowest BCUT2D eigenvalue weighted by molar-refractivity contribution is 0.00449. The molecule has 0 unspecified atom stereocenters. The fourth-order valence-corrected chi connectivity index (χ4v) is 2.62. The van der Waals surface area contributed by atoms with Crippen LogP contribution in [0.2, 0.25) is 0 Å². The minimum absolute atomic E-state index is 0.506. The second kappa shape index (κ2) is 6.29. The van der Waals surface area contributed by atoms with E-state index in [9.17, 15) is 5.11 Å². The predicted octanol–water partition coefficient (Wildman–Crippen LogP) is 1.47. The smallest absolute Gasteiger partial charge is 0.140 e.